The molecular weight excluding hydrogens is 569 g/mol. The topological polar surface area (TPSA) is 96.0 Å². The van der Waals surface area contributed by atoms with Gasteiger partial charge >= 0.3 is 0 Å². The second kappa shape index (κ2) is 12.4. The van der Waals surface area contributed by atoms with Gasteiger partial charge in [0.15, 0.2) is 0 Å². The van der Waals surface area contributed by atoms with Gasteiger partial charge in [0.05, 0.1) is 19.1 Å². The van der Waals surface area contributed by atoms with E-state index in [1.807, 2.05) is 32.9 Å². The monoisotopic (exact) mass is 601 g/mol. The van der Waals surface area contributed by atoms with Gasteiger partial charge in [-0.1, -0.05) is 19.1 Å². The van der Waals surface area contributed by atoms with Crippen molar-refractivity contribution < 1.29 is 22.7 Å². The van der Waals surface area contributed by atoms with Crippen LogP contribution in [0.4, 0.5) is 5.69 Å². The van der Waals surface area contributed by atoms with Crippen LogP contribution in [0.3, 0.4) is 0 Å². The number of amides is 2. The highest BCUT2D eigenvalue weighted by molar-refractivity contribution is 14.1. The minimum atomic E-state index is -3.75. The first-order valence-corrected chi connectivity index (χ1v) is 13.8. The molecule has 186 valence electrons. The van der Waals surface area contributed by atoms with Gasteiger partial charge in [-0.15, -0.1) is 0 Å². The number of rotatable bonds is 11. The molecule has 2 aromatic carbocycles. The zero-order valence-corrected chi connectivity index (χ0v) is 23.1. The molecule has 0 aliphatic heterocycles. The Morgan fingerprint density at radius 2 is 1.65 bits per heavy atom. The molecule has 2 rings (SSSR count). The third-order valence-corrected chi connectivity index (χ3v) is 6.98. The van der Waals surface area contributed by atoms with Crippen LogP contribution in [-0.4, -0.2) is 57.1 Å². The van der Waals surface area contributed by atoms with E-state index in [0.717, 1.165) is 19.7 Å². The van der Waals surface area contributed by atoms with Gasteiger partial charge in [0, 0.05) is 16.2 Å². The van der Waals surface area contributed by atoms with Crippen LogP contribution in [0.1, 0.15) is 32.8 Å². The zero-order chi connectivity index (χ0) is 25.5. The van der Waals surface area contributed by atoms with Gasteiger partial charge in [0.2, 0.25) is 21.8 Å². The highest BCUT2D eigenvalue weighted by Crippen LogP contribution is 2.21. The lowest BCUT2D eigenvalue weighted by atomic mass is 10.1. The molecule has 0 heterocycles. The number of halogens is 1. The minimum Gasteiger partial charge on any atom is -0.497 e. The summed E-state index contributed by atoms with van der Waals surface area (Å²) in [6, 6.07) is 13.2. The number of anilines is 1. The van der Waals surface area contributed by atoms with Gasteiger partial charge in [0.25, 0.3) is 0 Å². The maximum atomic E-state index is 13.6. The number of nitrogens with zero attached hydrogens (tertiary/aromatic N) is 2. The molecular formula is C24H32IN3O5S. The average Bonchev–Trinajstić information content (AvgIpc) is 2.77. The molecule has 1 unspecified atom stereocenters. The van der Waals surface area contributed by atoms with Crippen LogP contribution < -0.4 is 14.4 Å². The van der Waals surface area contributed by atoms with Crippen LogP contribution in [0.25, 0.3) is 0 Å². The second-order valence-electron chi connectivity index (χ2n) is 8.20. The quantitative estimate of drug-likeness (QED) is 0.399. The maximum absolute atomic E-state index is 13.6. The number of hydrogen-bond acceptors (Lipinski definition) is 5. The molecule has 0 aliphatic carbocycles. The van der Waals surface area contributed by atoms with Crippen LogP contribution in [-0.2, 0) is 26.2 Å². The predicted octanol–water partition coefficient (Wildman–Crippen LogP) is 3.40. The van der Waals surface area contributed by atoms with Gasteiger partial charge in [-0.25, -0.2) is 8.42 Å². The fourth-order valence-electron chi connectivity index (χ4n) is 3.45. The van der Waals surface area contributed by atoms with Crippen molar-refractivity contribution in [3.05, 3.63) is 57.7 Å². The second-order valence-corrected chi connectivity index (χ2v) is 11.4. The van der Waals surface area contributed by atoms with Crippen molar-refractivity contribution in [1.29, 1.82) is 0 Å². The Morgan fingerprint density at radius 3 is 2.12 bits per heavy atom. The highest BCUT2D eigenvalue weighted by atomic mass is 127. The standard InChI is InChI=1S/C24H32IN3O5S/c1-6-22(24(30)26-17(2)3)27(15-18-7-13-21(33-4)14-8-18)23(29)16-28(34(5,31)32)20-11-9-19(25)10-12-20/h7-14,17,22H,6,15-16H2,1-5H3,(H,26,30). The minimum absolute atomic E-state index is 0.0983. The first-order valence-electron chi connectivity index (χ1n) is 10.9. The number of hydrogen-bond donors (Lipinski definition) is 1. The molecule has 1 atom stereocenters. The van der Waals surface area contributed by atoms with Crippen molar-refractivity contribution in [1.82, 2.24) is 10.2 Å². The van der Waals surface area contributed by atoms with Crippen LogP contribution >= 0.6 is 22.6 Å². The number of sulfonamides is 1. The van der Waals surface area contributed by atoms with Crippen LogP contribution in [0, 0.1) is 3.57 Å². The number of carbonyl (C=O) groups is 2. The van der Waals surface area contributed by atoms with E-state index >= 15 is 0 Å². The summed E-state index contributed by atoms with van der Waals surface area (Å²) in [5.74, 6) is -0.0711. The van der Waals surface area contributed by atoms with E-state index < -0.39 is 28.5 Å². The van der Waals surface area contributed by atoms with Crippen molar-refractivity contribution in [2.24, 2.45) is 0 Å². The lowest BCUT2D eigenvalue weighted by molar-refractivity contribution is -0.140. The lowest BCUT2D eigenvalue weighted by Crippen LogP contribution is -2.53. The third kappa shape index (κ3) is 7.86. The molecule has 0 bridgehead atoms. The Balaban J connectivity index is 2.42. The van der Waals surface area contributed by atoms with E-state index in [-0.39, 0.29) is 18.5 Å². The molecule has 10 heteroatoms. The lowest BCUT2D eigenvalue weighted by Gasteiger charge is -2.33. The van der Waals surface area contributed by atoms with Gasteiger partial charge in [-0.05, 0) is 84.8 Å². The molecule has 34 heavy (non-hydrogen) atoms. The molecule has 2 aromatic rings. The molecule has 0 aliphatic rings. The summed E-state index contributed by atoms with van der Waals surface area (Å²) in [5.41, 5.74) is 1.19. The molecule has 0 spiro atoms. The SMILES string of the molecule is CCC(C(=O)NC(C)C)N(Cc1ccc(OC)cc1)C(=O)CN(c1ccc(I)cc1)S(C)(=O)=O. The Morgan fingerprint density at radius 1 is 1.06 bits per heavy atom. The number of benzene rings is 2. The van der Waals surface area contributed by atoms with E-state index in [1.165, 1.54) is 4.90 Å². The van der Waals surface area contributed by atoms with Gasteiger partial charge in [0.1, 0.15) is 18.3 Å². The van der Waals surface area contributed by atoms with Crippen molar-refractivity contribution >= 4 is 50.1 Å². The van der Waals surface area contributed by atoms with E-state index in [4.69, 9.17) is 4.74 Å². The molecule has 0 radical (unpaired) electrons. The smallest absolute Gasteiger partial charge is 0.244 e. The van der Waals surface area contributed by atoms with E-state index in [1.54, 1.807) is 43.5 Å². The van der Waals surface area contributed by atoms with Gasteiger partial charge < -0.3 is 15.0 Å². The summed E-state index contributed by atoms with van der Waals surface area (Å²) in [6.07, 6.45) is 1.44. The van der Waals surface area contributed by atoms with E-state index in [0.29, 0.717) is 17.9 Å². The Kier molecular flexibility index (Phi) is 10.2. The Hall–Kier alpha value is -2.34. The van der Waals surface area contributed by atoms with Crippen molar-refractivity contribution in [2.75, 3.05) is 24.2 Å². The van der Waals surface area contributed by atoms with Crippen LogP contribution in [0.2, 0.25) is 0 Å². The molecule has 0 saturated heterocycles. The number of methoxy groups -OCH3 is 1. The zero-order valence-electron chi connectivity index (χ0n) is 20.1. The summed E-state index contributed by atoms with van der Waals surface area (Å²) in [6.45, 7) is 5.26. The number of nitrogens with one attached hydrogen (secondary N) is 1. The first-order chi connectivity index (χ1) is 16.0. The number of ether oxygens (including phenoxy) is 1. The van der Waals surface area contributed by atoms with Crippen LogP contribution in [0.5, 0.6) is 5.75 Å². The summed E-state index contributed by atoms with van der Waals surface area (Å²) in [4.78, 5) is 28.0. The van der Waals surface area contributed by atoms with E-state index in [9.17, 15) is 18.0 Å². The van der Waals surface area contributed by atoms with Crippen LogP contribution in [0.15, 0.2) is 48.5 Å². The average molecular weight is 602 g/mol. The molecule has 0 saturated carbocycles. The number of carbonyl (C=O) groups excluding carboxylic acids is 2. The van der Waals surface area contributed by atoms with E-state index in [2.05, 4.69) is 27.9 Å². The third-order valence-electron chi connectivity index (χ3n) is 5.12. The fourth-order valence-corrected chi connectivity index (χ4v) is 4.66. The van der Waals surface area contributed by atoms with Crippen molar-refractivity contribution in [3.8, 4) is 5.75 Å². The highest BCUT2D eigenvalue weighted by Gasteiger charge is 2.31. The fraction of sp³-hybridized carbons (Fsp3) is 0.417. The maximum Gasteiger partial charge on any atom is 0.244 e. The molecule has 2 amide bonds. The predicted molar refractivity (Wildman–Crippen MR) is 142 cm³/mol. The molecule has 8 nitrogen and oxygen atoms in total. The summed E-state index contributed by atoms with van der Waals surface area (Å²) < 4.78 is 32.4. The van der Waals surface area contributed by atoms with Gasteiger partial charge in [-0.3, -0.25) is 13.9 Å². The largest absolute Gasteiger partial charge is 0.497 e. The Labute approximate surface area is 215 Å². The summed E-state index contributed by atoms with van der Waals surface area (Å²) in [5, 5.41) is 2.87. The molecule has 1 N–H and O–H groups in total. The normalized spacial score (nSPS) is 12.2. The van der Waals surface area contributed by atoms with Gasteiger partial charge in [-0.2, -0.15) is 0 Å². The Bertz CT molecular complexity index is 1070. The van der Waals surface area contributed by atoms with Crippen molar-refractivity contribution in [2.45, 2.75) is 45.8 Å². The van der Waals surface area contributed by atoms with Crippen molar-refractivity contribution in [3.63, 3.8) is 0 Å². The summed E-state index contributed by atoms with van der Waals surface area (Å²) in [7, 11) is -2.18. The molecule has 0 aromatic heterocycles. The molecule has 0 fully saturated rings. The summed E-state index contributed by atoms with van der Waals surface area (Å²) >= 11 is 2.13. The first kappa shape index (κ1) is 27.9.